The van der Waals surface area contributed by atoms with Gasteiger partial charge in [0.05, 0.1) is 10.9 Å². The second-order valence-electron chi connectivity index (χ2n) is 5.63. The van der Waals surface area contributed by atoms with E-state index in [2.05, 4.69) is 4.98 Å². The van der Waals surface area contributed by atoms with Gasteiger partial charge < -0.3 is 9.94 Å². The van der Waals surface area contributed by atoms with Crippen LogP contribution in [-0.4, -0.2) is 11.1 Å². The van der Waals surface area contributed by atoms with Gasteiger partial charge in [-0.25, -0.2) is 0 Å². The van der Waals surface area contributed by atoms with Crippen LogP contribution in [0.25, 0.3) is 10.9 Å². The fraction of sp³-hybridized carbons (Fsp3) is 0.222. The average molecular weight is 292 g/mol. The fourth-order valence-electron chi connectivity index (χ4n) is 3.05. The van der Waals surface area contributed by atoms with Crippen LogP contribution in [0.3, 0.4) is 0 Å². The molecule has 0 saturated carbocycles. The molecule has 0 aliphatic carbocycles. The minimum Gasteiger partial charge on any atom is -0.618 e. The van der Waals surface area contributed by atoms with Crippen LogP contribution in [0.1, 0.15) is 17.7 Å². The predicted molar refractivity (Wildman–Crippen MR) is 83.6 cm³/mol. The lowest BCUT2D eigenvalue weighted by atomic mass is 10.1. The maximum absolute atomic E-state index is 12.1. The van der Waals surface area contributed by atoms with Crippen LogP contribution >= 0.6 is 0 Å². The number of para-hydroxylation sites is 1. The first-order valence-corrected chi connectivity index (χ1v) is 7.51. The molecule has 3 aromatic rings. The number of hydrogen-bond acceptors (Lipinski definition) is 3. The topological polar surface area (TPSA) is 49.1 Å². The Morgan fingerprint density at radius 1 is 1.18 bits per heavy atom. The summed E-state index contributed by atoms with van der Waals surface area (Å²) in [6, 6.07) is 13.5. The van der Waals surface area contributed by atoms with Gasteiger partial charge in [0.25, 0.3) is 0 Å². The summed E-state index contributed by atoms with van der Waals surface area (Å²) in [6.07, 6.45) is 6.15. The molecule has 1 aliphatic heterocycles. The van der Waals surface area contributed by atoms with Crippen LogP contribution in [0, 0.1) is 5.21 Å². The molecule has 0 radical (unpaired) electrons. The Kier molecular flexibility index (Phi) is 3.15. The minimum atomic E-state index is 0.114. The normalized spacial score (nSPS) is 16.5. The van der Waals surface area contributed by atoms with E-state index in [9.17, 15) is 5.21 Å². The van der Waals surface area contributed by atoms with Crippen molar-refractivity contribution in [2.45, 2.75) is 25.4 Å². The zero-order valence-corrected chi connectivity index (χ0v) is 12.1. The van der Waals surface area contributed by atoms with Crippen LogP contribution in [-0.2, 0) is 12.8 Å². The van der Waals surface area contributed by atoms with Crippen molar-refractivity contribution >= 4 is 10.9 Å². The van der Waals surface area contributed by atoms with Crippen LogP contribution < -0.4 is 9.47 Å². The van der Waals surface area contributed by atoms with Crippen molar-refractivity contribution in [2.24, 2.45) is 0 Å². The molecule has 3 heterocycles. The number of pyridine rings is 2. The molecule has 1 aliphatic rings. The first kappa shape index (κ1) is 13.1. The van der Waals surface area contributed by atoms with Crippen LogP contribution in [0.2, 0.25) is 0 Å². The molecule has 0 bridgehead atoms. The number of aromatic nitrogens is 2. The van der Waals surface area contributed by atoms with E-state index < -0.39 is 0 Å². The van der Waals surface area contributed by atoms with E-state index in [1.54, 1.807) is 6.20 Å². The lowest BCUT2D eigenvalue weighted by Crippen LogP contribution is -2.26. The molecule has 1 atom stereocenters. The van der Waals surface area contributed by atoms with Crippen molar-refractivity contribution in [3.05, 3.63) is 71.3 Å². The Morgan fingerprint density at radius 3 is 2.91 bits per heavy atom. The summed E-state index contributed by atoms with van der Waals surface area (Å²) in [5.74, 6) is 0.869. The van der Waals surface area contributed by atoms with Gasteiger partial charge in [-0.2, -0.15) is 4.73 Å². The monoisotopic (exact) mass is 292 g/mol. The minimum absolute atomic E-state index is 0.114. The van der Waals surface area contributed by atoms with Crippen LogP contribution in [0.15, 0.2) is 54.9 Å². The Hall–Kier alpha value is -2.62. The van der Waals surface area contributed by atoms with Gasteiger partial charge in [-0.15, -0.1) is 0 Å². The van der Waals surface area contributed by atoms with E-state index in [0.717, 1.165) is 46.4 Å². The third-order valence-corrected chi connectivity index (χ3v) is 4.13. The van der Waals surface area contributed by atoms with E-state index in [0.29, 0.717) is 5.52 Å². The van der Waals surface area contributed by atoms with Gasteiger partial charge in [0, 0.05) is 24.4 Å². The second kappa shape index (κ2) is 5.30. The van der Waals surface area contributed by atoms with Gasteiger partial charge in [-0.3, -0.25) is 4.98 Å². The van der Waals surface area contributed by atoms with Gasteiger partial charge >= 0.3 is 0 Å². The molecule has 0 saturated heterocycles. The molecule has 4 heteroatoms. The highest BCUT2D eigenvalue weighted by Gasteiger charge is 2.28. The quantitative estimate of drug-likeness (QED) is 0.551. The smallest absolute Gasteiger partial charge is 0.227 e. The molecule has 1 unspecified atom stereocenters. The highest BCUT2D eigenvalue weighted by molar-refractivity contribution is 5.84. The molecule has 4 rings (SSSR count). The number of ether oxygens (including phenoxy) is 1. The zero-order valence-electron chi connectivity index (χ0n) is 12.1. The molecule has 0 fully saturated rings. The van der Waals surface area contributed by atoms with E-state index >= 15 is 0 Å². The molecule has 2 aromatic heterocycles. The predicted octanol–water partition coefficient (Wildman–Crippen LogP) is 2.80. The number of hydrogen-bond donors (Lipinski definition) is 0. The van der Waals surface area contributed by atoms with E-state index in [1.165, 1.54) is 0 Å². The molecule has 110 valence electrons. The van der Waals surface area contributed by atoms with Crippen LogP contribution in [0.5, 0.6) is 5.75 Å². The average Bonchev–Trinajstić information content (AvgIpc) is 2.97. The van der Waals surface area contributed by atoms with Gasteiger partial charge in [0.15, 0.2) is 6.20 Å². The van der Waals surface area contributed by atoms with E-state index in [-0.39, 0.29) is 6.10 Å². The van der Waals surface area contributed by atoms with Crippen molar-refractivity contribution in [3.8, 4) is 5.75 Å². The van der Waals surface area contributed by atoms with Crippen molar-refractivity contribution < 1.29 is 9.47 Å². The fourth-order valence-corrected chi connectivity index (χ4v) is 3.05. The largest absolute Gasteiger partial charge is 0.618 e. The summed E-state index contributed by atoms with van der Waals surface area (Å²) in [4.78, 5) is 4.34. The molecular formula is C18H16N2O2. The van der Waals surface area contributed by atoms with Crippen molar-refractivity contribution in [1.29, 1.82) is 0 Å². The zero-order chi connectivity index (χ0) is 14.9. The molecule has 4 nitrogen and oxygen atoms in total. The Balaban J connectivity index is 1.57. The number of benzene rings is 1. The maximum atomic E-state index is 12.1. The van der Waals surface area contributed by atoms with E-state index in [1.807, 2.05) is 48.7 Å². The lowest BCUT2D eigenvalue weighted by molar-refractivity contribution is -0.577. The number of fused-ring (bicyclic) bond motifs is 3. The number of rotatable bonds is 3. The number of nitrogens with zero attached hydrogens (tertiary/aromatic N) is 2. The maximum Gasteiger partial charge on any atom is 0.227 e. The van der Waals surface area contributed by atoms with Crippen LogP contribution in [0.4, 0.5) is 0 Å². The van der Waals surface area contributed by atoms with Gasteiger partial charge in [-0.1, -0.05) is 18.2 Å². The summed E-state index contributed by atoms with van der Waals surface area (Å²) in [5.41, 5.74) is 2.73. The third kappa shape index (κ3) is 2.26. The first-order chi connectivity index (χ1) is 10.8. The van der Waals surface area contributed by atoms with Crippen molar-refractivity contribution in [3.63, 3.8) is 0 Å². The molecular weight excluding hydrogens is 276 g/mol. The summed E-state index contributed by atoms with van der Waals surface area (Å²) in [6.45, 7) is 0. The summed E-state index contributed by atoms with van der Waals surface area (Å²) in [5, 5.41) is 13.0. The first-order valence-electron chi connectivity index (χ1n) is 7.51. The standard InChI is InChI=1S/C18H16N2O2/c21-20-12-13-11-15(9-8-14-5-3-4-10-19-14)22-18(13)16-6-1-2-7-17(16)20/h1-7,10,12,15H,8-9,11H2. The van der Waals surface area contributed by atoms with Crippen molar-refractivity contribution in [1.82, 2.24) is 4.98 Å². The summed E-state index contributed by atoms with van der Waals surface area (Å²) < 4.78 is 7.06. The van der Waals surface area contributed by atoms with Gasteiger partial charge in [-0.05, 0) is 31.0 Å². The third-order valence-electron chi connectivity index (χ3n) is 4.13. The Bertz CT molecular complexity index is 818. The lowest BCUT2D eigenvalue weighted by Gasteiger charge is -2.10. The van der Waals surface area contributed by atoms with Crippen molar-refractivity contribution in [2.75, 3.05) is 0 Å². The van der Waals surface area contributed by atoms with E-state index in [4.69, 9.17) is 4.74 Å². The Labute approximate surface area is 128 Å². The highest BCUT2D eigenvalue weighted by atomic mass is 16.5. The summed E-state index contributed by atoms with van der Waals surface area (Å²) in [7, 11) is 0. The SMILES string of the molecule is [O-][n+]1cc2c(c3ccccc31)OC(CCc1ccccn1)C2. The highest BCUT2D eigenvalue weighted by Crippen LogP contribution is 2.35. The number of aryl methyl sites for hydroxylation is 1. The summed E-state index contributed by atoms with van der Waals surface area (Å²) >= 11 is 0. The van der Waals surface area contributed by atoms with Gasteiger partial charge in [0.2, 0.25) is 5.52 Å². The molecule has 22 heavy (non-hydrogen) atoms. The Morgan fingerprint density at radius 2 is 2.05 bits per heavy atom. The molecule has 1 aromatic carbocycles. The molecule has 0 N–H and O–H groups in total. The second-order valence-corrected chi connectivity index (χ2v) is 5.63. The molecule has 0 amide bonds. The van der Waals surface area contributed by atoms with Gasteiger partial charge in [0.1, 0.15) is 11.9 Å². The molecule has 0 spiro atoms.